The van der Waals surface area contributed by atoms with Gasteiger partial charge in [-0.2, -0.15) is 4.98 Å². The molecule has 4 fully saturated rings. The van der Waals surface area contributed by atoms with Crippen LogP contribution in [0, 0.1) is 18.3 Å². The molecule has 9 heterocycles. The van der Waals surface area contributed by atoms with E-state index < -0.39 is 59.4 Å². The monoisotopic (exact) mass is 1460 g/mol. The van der Waals surface area contributed by atoms with Crippen LogP contribution in [-0.2, 0) is 61.6 Å². The molecule has 3 aromatic carbocycles. The van der Waals surface area contributed by atoms with Gasteiger partial charge in [-0.05, 0) is 167 Å². The third kappa shape index (κ3) is 15.2. The van der Waals surface area contributed by atoms with Gasteiger partial charge < -0.3 is 59.8 Å². The van der Waals surface area contributed by atoms with Crippen LogP contribution in [0.1, 0.15) is 174 Å². The fourth-order valence-corrected chi connectivity index (χ4v) is 24.8. The van der Waals surface area contributed by atoms with Crippen LogP contribution < -0.4 is 26.8 Å². The number of rotatable bonds is 33. The molecule has 24 heteroatoms. The van der Waals surface area contributed by atoms with Gasteiger partial charge in [-0.1, -0.05) is 75.9 Å². The van der Waals surface area contributed by atoms with Crippen molar-refractivity contribution in [1.29, 1.82) is 0 Å². The fourth-order valence-electron chi connectivity index (χ4n) is 20.1. The number of methoxy groups -OCH3 is 1. The number of aromatic amines is 2. The van der Waals surface area contributed by atoms with Gasteiger partial charge in [0.1, 0.15) is 11.6 Å². The van der Waals surface area contributed by atoms with Crippen LogP contribution in [0.25, 0.3) is 22.1 Å². The van der Waals surface area contributed by atoms with E-state index in [1.165, 1.54) is 46.6 Å². The summed E-state index contributed by atoms with van der Waals surface area (Å²) in [6.07, 6.45) is 18.2. The van der Waals surface area contributed by atoms with Crippen molar-refractivity contribution in [2.45, 2.75) is 208 Å². The number of esters is 1. The minimum Gasteiger partial charge on any atom is -0.467 e. The molecule has 3 saturated heterocycles. The topological polar surface area (TPSA) is 302 Å². The third-order valence-electron chi connectivity index (χ3n) is 24.9. The Morgan fingerprint density at radius 2 is 1.52 bits per heavy atom. The number of ketones is 2. The zero-order chi connectivity index (χ0) is 73.7. The molecule has 105 heavy (non-hydrogen) atoms. The van der Waals surface area contributed by atoms with Gasteiger partial charge in [-0.3, -0.25) is 34.0 Å². The van der Waals surface area contributed by atoms with Crippen LogP contribution in [0.4, 0.5) is 17.3 Å². The number of fused-ring (bicyclic) bond motifs is 7. The van der Waals surface area contributed by atoms with E-state index in [9.17, 15) is 29.4 Å². The summed E-state index contributed by atoms with van der Waals surface area (Å²) < 4.78 is 31.2. The van der Waals surface area contributed by atoms with Gasteiger partial charge in [0.2, 0.25) is 11.5 Å². The number of aromatic nitrogens is 5. The molecule has 2 bridgehead atoms. The van der Waals surface area contributed by atoms with E-state index in [2.05, 4.69) is 134 Å². The molecule has 1 spiro atoms. The number of ether oxygens (including phenoxy) is 4. The average molecular weight is 1460 g/mol. The highest BCUT2D eigenvalue weighted by Gasteiger charge is 2.80. The third-order valence-corrected chi connectivity index (χ3v) is 29.4. The summed E-state index contributed by atoms with van der Waals surface area (Å²) in [5.74, 6) is -0.303. The number of nitrogen functional groups attached to an aromatic ring is 1. The van der Waals surface area contributed by atoms with Gasteiger partial charge in [0.05, 0.1) is 69.7 Å². The Balaban J connectivity index is 0.557. The van der Waals surface area contributed by atoms with Gasteiger partial charge in [0.15, 0.2) is 19.5 Å². The van der Waals surface area contributed by atoms with Crippen LogP contribution in [0.15, 0.2) is 83.8 Å². The van der Waals surface area contributed by atoms with Crippen LogP contribution >= 0.6 is 0 Å². The maximum Gasteiger partial charge on any atom is 0.342 e. The zero-order valence-electron chi connectivity index (χ0n) is 62.6. The van der Waals surface area contributed by atoms with E-state index in [4.69, 9.17) is 29.1 Å². The summed E-state index contributed by atoms with van der Waals surface area (Å²) in [6, 6.07) is 22.6. The van der Waals surface area contributed by atoms with Gasteiger partial charge in [-0.15, -0.1) is 0 Å². The summed E-state index contributed by atoms with van der Waals surface area (Å²) in [7, 11) is 0.852. The highest BCUT2D eigenvalue weighted by Crippen LogP contribution is 2.68. The molecule has 6 aliphatic heterocycles. The van der Waals surface area contributed by atoms with Crippen LogP contribution in [-0.4, -0.2) is 199 Å². The summed E-state index contributed by atoms with van der Waals surface area (Å²) >= 11 is 0. The Labute approximate surface area is 618 Å². The quantitative estimate of drug-likeness (QED) is 0.00872. The molecule has 8 N–H and O–H groups in total. The zero-order valence-corrected chi connectivity index (χ0v) is 63.6. The van der Waals surface area contributed by atoms with Gasteiger partial charge >= 0.3 is 5.97 Å². The lowest BCUT2D eigenvalue weighted by molar-refractivity contribution is -0.214. The van der Waals surface area contributed by atoms with E-state index in [1.807, 2.05) is 0 Å². The van der Waals surface area contributed by atoms with E-state index in [0.29, 0.717) is 128 Å². The molecule has 0 radical (unpaired) electrons. The number of aliphatic hydroxyl groups is 2. The molecule has 566 valence electrons. The average Bonchev–Trinajstić information content (AvgIpc) is 1.50. The second-order valence-electron chi connectivity index (χ2n) is 31.6. The molecule has 1 amide bonds. The summed E-state index contributed by atoms with van der Waals surface area (Å²) in [6.45, 7) is 16.4. The highest BCUT2D eigenvalue weighted by molar-refractivity contribution is 6.74. The number of hydrogen-bond donors (Lipinski definition) is 7. The first-order valence-corrected chi connectivity index (χ1v) is 41.5. The molecule has 3 aromatic heterocycles. The minimum atomic E-state index is -2.67. The second-order valence-corrected chi connectivity index (χ2v) is 35.7. The smallest absolute Gasteiger partial charge is 0.342 e. The number of para-hydroxylation sites is 1. The molecule has 23 nitrogen and oxygen atoms in total. The summed E-state index contributed by atoms with van der Waals surface area (Å²) in [5, 5.41) is 33.9. The fraction of sp³-hybridized carbons (Fsp3) is 0.605. The largest absolute Gasteiger partial charge is 0.467 e. The number of nitrogens with zero attached hydrogens (tertiary/aromatic N) is 6. The SMILES string of the molecule is CC[C@]1(O)CC2CN(CCc3c([nH]c4ccccc34)[C@@](C)(c3cc4c(cc3C)N(C)[C@H]3[C@@](O)(C(=O)OC)[C@H](O[Si]5(CCCCC(=O)CCCOCCOCCOCCCC(=O)CCCNC(=O)c6ccc(NCc7cnc8nc(N)[nH]c(=O)c8n7)cc6)CCCCC5)[C@]5(CC)C=CCN6CC[C@]43[C@@H]65)C2)C1. The first-order valence-electron chi connectivity index (χ1n) is 38.9. The molecule has 2 unspecified atom stereocenters. The van der Waals surface area contributed by atoms with Crippen molar-refractivity contribution in [2.24, 2.45) is 11.3 Å². The predicted octanol–water partition coefficient (Wildman–Crippen LogP) is 10.1. The van der Waals surface area contributed by atoms with Crippen LogP contribution in [0.3, 0.4) is 0 Å². The van der Waals surface area contributed by atoms with Gasteiger partial charge in [0, 0.05) is 134 Å². The maximum atomic E-state index is 15.4. The van der Waals surface area contributed by atoms with E-state index in [-0.39, 0.29) is 46.5 Å². The van der Waals surface area contributed by atoms with Gasteiger partial charge in [-0.25, -0.2) is 14.8 Å². The molecular weight excluding hydrogens is 1350 g/mol. The van der Waals surface area contributed by atoms with Crippen LogP contribution in [0.5, 0.6) is 0 Å². The van der Waals surface area contributed by atoms with Crippen molar-refractivity contribution in [3.63, 3.8) is 0 Å². The Bertz CT molecular complexity index is 4200. The number of nitrogens with one attached hydrogen (secondary N) is 4. The number of carbonyl (C=O) groups is 4. The number of benzene rings is 3. The van der Waals surface area contributed by atoms with Crippen molar-refractivity contribution >= 4 is 71.2 Å². The number of H-pyrrole nitrogens is 2. The standard InChI is InChI=1S/C81H111N11O12Si/c1-7-78(98)49-55-48-77(4,68-62(30-35-91(52-55)53-78)61-24-10-11-25-65(61)87-68)63-47-64-66(46-54(63)3)90(5)73-80(64)32-36-92-34-19-31-79(8-2,72(80)92)74(81(73,99)75(97)100-6)104-105(43-13-9-14-44-105)45-15-12-20-59(93)22-17-37-101-39-41-103-42-40-102-38-18-23-60(94)21-16-33-83-70(95)56-26-28-57(29-27-56)84-50-58-51-85-69-67(86-58)71(96)89-76(82)88-69/h10-11,19,24-29,31,46-47,51,55,72-74,84,87,98-99H,7-9,12-18,20-23,30,32-45,48-50,52-53H2,1-6H3,(H,83,95)(H3,82,85,88,89,96)/t55?,72-,73+,74+,77+,78-,79+,80+,81-/m0/s1. The molecular formula is C81H111N11O12Si. The van der Waals surface area contributed by atoms with Crippen molar-refractivity contribution in [3.05, 3.63) is 129 Å². The molecule has 10 atom stereocenters. The number of anilines is 3. The maximum absolute atomic E-state index is 15.4. The molecule has 1 aliphatic carbocycles. The van der Waals surface area contributed by atoms with Crippen LogP contribution in [0.2, 0.25) is 18.1 Å². The van der Waals surface area contributed by atoms with E-state index in [1.54, 1.807) is 24.3 Å². The Kier molecular flexibility index (Phi) is 23.3. The molecule has 1 saturated carbocycles. The lowest BCUT2D eigenvalue weighted by Crippen LogP contribution is -2.82. The lowest BCUT2D eigenvalue weighted by atomic mass is 9.47. The lowest BCUT2D eigenvalue weighted by Gasteiger charge is -2.65. The molecule has 7 aliphatic rings. The van der Waals surface area contributed by atoms with Crippen molar-refractivity contribution in [3.8, 4) is 0 Å². The number of hydrogen-bond acceptors (Lipinski definition) is 20. The Morgan fingerprint density at radius 3 is 2.25 bits per heavy atom. The normalized spacial score (nSPS) is 27.4. The summed E-state index contributed by atoms with van der Waals surface area (Å²) in [4.78, 5) is 92.7. The molecule has 6 aromatic rings. The van der Waals surface area contributed by atoms with Crippen molar-refractivity contribution in [2.75, 3.05) is 109 Å². The number of aryl methyl sites for hydroxylation is 1. The Hall–Kier alpha value is -7.26. The summed E-state index contributed by atoms with van der Waals surface area (Å²) in [5.41, 5.74) is 10.9. The number of likely N-dealkylation sites (N-methyl/N-ethyl adjacent to an activating group) is 1. The Morgan fingerprint density at radius 1 is 0.810 bits per heavy atom. The number of unbranched alkanes of at least 4 members (excludes halogenated alkanes) is 1. The first-order chi connectivity index (χ1) is 50.7. The predicted molar refractivity (Wildman–Crippen MR) is 408 cm³/mol. The van der Waals surface area contributed by atoms with Crippen molar-refractivity contribution < 1.29 is 52.8 Å². The number of piperidine rings is 1. The van der Waals surface area contributed by atoms with Gasteiger partial charge in [0.25, 0.3) is 11.5 Å². The second kappa shape index (κ2) is 32.3. The number of nitrogens with two attached hydrogens (primary N) is 1. The number of carbonyl (C=O) groups excluding carboxylic acids is 4. The first kappa shape index (κ1) is 76.0. The molecule has 13 rings (SSSR count). The van der Waals surface area contributed by atoms with E-state index >= 15 is 4.79 Å². The number of amides is 1. The number of Topliss-reactive ketones (excluding diaryl/α,β-unsaturated/α-hetero) is 2. The van der Waals surface area contributed by atoms with Crippen molar-refractivity contribution in [1.82, 2.24) is 40.0 Å². The minimum absolute atomic E-state index is 0.0269. The van der Waals surface area contributed by atoms with E-state index in [0.717, 1.165) is 119 Å². The highest BCUT2D eigenvalue weighted by atomic mass is 28.4.